The number of ether oxygens (including phenoxy) is 2. The number of benzene rings is 1. The van der Waals surface area contributed by atoms with E-state index in [1.165, 1.54) is 12.1 Å². The number of hydrogen-bond donors (Lipinski definition) is 6. The van der Waals surface area contributed by atoms with Crippen molar-refractivity contribution in [3.8, 4) is 5.75 Å². The lowest BCUT2D eigenvalue weighted by Crippen LogP contribution is -2.68. The van der Waals surface area contributed by atoms with Crippen molar-refractivity contribution in [1.82, 2.24) is 5.32 Å². The third-order valence-electron chi connectivity index (χ3n) is 4.21. The van der Waals surface area contributed by atoms with Crippen LogP contribution in [0.4, 0.5) is 0 Å². The second kappa shape index (κ2) is 8.63. The van der Waals surface area contributed by atoms with Crippen LogP contribution in [0.2, 0.25) is 0 Å². The van der Waals surface area contributed by atoms with Crippen molar-refractivity contribution in [3.05, 3.63) is 30.3 Å². The molecule has 0 unspecified atom stereocenters. The summed E-state index contributed by atoms with van der Waals surface area (Å²) in [5.74, 6) is -4.37. The van der Waals surface area contributed by atoms with E-state index in [0.29, 0.717) is 0 Å². The Morgan fingerprint density at radius 3 is 2.48 bits per heavy atom. The van der Waals surface area contributed by atoms with E-state index in [2.05, 4.69) is 5.32 Å². The van der Waals surface area contributed by atoms with Crippen molar-refractivity contribution < 1.29 is 44.6 Å². The second-order valence-corrected chi connectivity index (χ2v) is 6.29. The highest BCUT2D eigenvalue weighted by Crippen LogP contribution is 2.34. The first kappa shape index (κ1) is 21.1. The van der Waals surface area contributed by atoms with Gasteiger partial charge in [0, 0.05) is 6.92 Å². The number of carbonyl (C=O) groups excluding carboxylic acids is 1. The number of para-hydroxylation sites is 1. The number of rotatable bonds is 7. The minimum Gasteiger partial charge on any atom is -0.476 e. The van der Waals surface area contributed by atoms with E-state index in [1.54, 1.807) is 18.2 Å². The highest BCUT2D eigenvalue weighted by Gasteiger charge is 2.56. The lowest BCUT2D eigenvalue weighted by Gasteiger charge is -2.46. The molecule has 2 rings (SSSR count). The molecule has 6 atom stereocenters. The third kappa shape index (κ3) is 4.73. The number of aliphatic carboxylic acids is 1. The molecule has 1 aromatic rings. The van der Waals surface area contributed by atoms with Crippen LogP contribution in [-0.4, -0.2) is 80.3 Å². The summed E-state index contributed by atoms with van der Waals surface area (Å²) in [4.78, 5) is 23.4. The van der Waals surface area contributed by atoms with Gasteiger partial charge < -0.3 is 40.3 Å². The standard InChI is InChI=1S/C17H23NO9/c1-9(20)18-13-11(21)7-17(16(24)25,26-10-5-3-2-4-6-10)27-15(13)14(23)12(22)8-19/h2-6,11-15,19,21-23H,7-8H2,1H3,(H,18,20)(H,24,25)/t11-,12-,13-,14-,15+,17-/m1/s1. The molecule has 6 N–H and O–H groups in total. The Hall–Kier alpha value is -2.24. The molecule has 1 heterocycles. The monoisotopic (exact) mass is 385 g/mol. The fraction of sp³-hybridized carbons (Fsp3) is 0.529. The van der Waals surface area contributed by atoms with Gasteiger partial charge in [-0.15, -0.1) is 0 Å². The molecule has 1 aromatic carbocycles. The van der Waals surface area contributed by atoms with Gasteiger partial charge in [-0.05, 0) is 12.1 Å². The SMILES string of the molecule is CC(=O)N[C@H]1[C@@H]([C@H](O)[C@H](O)CO)O[C@@](Oc2ccccc2)(C(=O)O)C[C@H]1O. The molecule has 0 radical (unpaired) electrons. The smallest absolute Gasteiger partial charge is 0.377 e. The van der Waals surface area contributed by atoms with Gasteiger partial charge in [-0.1, -0.05) is 18.2 Å². The molecular weight excluding hydrogens is 362 g/mol. The Kier molecular flexibility index (Phi) is 6.73. The summed E-state index contributed by atoms with van der Waals surface area (Å²) in [6.45, 7) is 0.321. The summed E-state index contributed by atoms with van der Waals surface area (Å²) in [5, 5.41) is 51.6. The van der Waals surface area contributed by atoms with Crippen molar-refractivity contribution in [3.63, 3.8) is 0 Å². The Morgan fingerprint density at radius 1 is 1.33 bits per heavy atom. The zero-order valence-corrected chi connectivity index (χ0v) is 14.6. The highest BCUT2D eigenvalue weighted by molar-refractivity contribution is 5.77. The maximum Gasteiger partial charge on any atom is 0.377 e. The van der Waals surface area contributed by atoms with E-state index >= 15 is 0 Å². The van der Waals surface area contributed by atoms with Gasteiger partial charge in [0.25, 0.3) is 0 Å². The van der Waals surface area contributed by atoms with E-state index in [-0.39, 0.29) is 5.75 Å². The zero-order chi connectivity index (χ0) is 20.2. The number of aliphatic hydroxyl groups is 4. The average Bonchev–Trinajstić information content (AvgIpc) is 2.62. The number of aliphatic hydroxyl groups excluding tert-OH is 4. The average molecular weight is 385 g/mol. The Labute approximate surface area is 155 Å². The van der Waals surface area contributed by atoms with Crippen LogP contribution >= 0.6 is 0 Å². The summed E-state index contributed by atoms with van der Waals surface area (Å²) in [5.41, 5.74) is 0. The molecule has 0 saturated carbocycles. The molecule has 0 aromatic heterocycles. The van der Waals surface area contributed by atoms with Gasteiger partial charge in [-0.25, -0.2) is 4.79 Å². The largest absolute Gasteiger partial charge is 0.476 e. The lowest BCUT2D eigenvalue weighted by molar-refractivity contribution is -0.284. The summed E-state index contributed by atoms with van der Waals surface area (Å²) in [7, 11) is 0. The quantitative estimate of drug-likeness (QED) is 0.318. The van der Waals surface area contributed by atoms with Gasteiger partial charge >= 0.3 is 11.8 Å². The summed E-state index contributed by atoms with van der Waals surface area (Å²) in [6, 6.07) is 6.62. The zero-order valence-electron chi connectivity index (χ0n) is 14.6. The van der Waals surface area contributed by atoms with Crippen molar-refractivity contribution in [2.45, 2.75) is 49.6 Å². The van der Waals surface area contributed by atoms with Crippen LogP contribution in [0.5, 0.6) is 5.75 Å². The van der Waals surface area contributed by atoms with Crippen molar-refractivity contribution in [2.24, 2.45) is 0 Å². The molecule has 150 valence electrons. The van der Waals surface area contributed by atoms with Gasteiger partial charge in [0.1, 0.15) is 24.1 Å². The first-order chi connectivity index (χ1) is 12.7. The molecule has 1 fully saturated rings. The number of amides is 1. The van der Waals surface area contributed by atoms with E-state index in [1.807, 2.05) is 0 Å². The van der Waals surface area contributed by atoms with Crippen LogP contribution in [0.1, 0.15) is 13.3 Å². The van der Waals surface area contributed by atoms with Gasteiger partial charge in [-0.3, -0.25) is 4.79 Å². The minimum absolute atomic E-state index is 0.140. The molecule has 0 aliphatic carbocycles. The van der Waals surface area contributed by atoms with Crippen LogP contribution in [0.3, 0.4) is 0 Å². The van der Waals surface area contributed by atoms with E-state index < -0.39 is 61.1 Å². The predicted molar refractivity (Wildman–Crippen MR) is 89.6 cm³/mol. The molecular formula is C17H23NO9. The number of carboxylic acids is 1. The maximum absolute atomic E-state index is 11.9. The topological polar surface area (TPSA) is 166 Å². The molecule has 10 nitrogen and oxygen atoms in total. The van der Waals surface area contributed by atoms with Crippen molar-refractivity contribution in [2.75, 3.05) is 6.61 Å². The minimum atomic E-state index is -2.38. The first-order valence-corrected chi connectivity index (χ1v) is 8.27. The van der Waals surface area contributed by atoms with E-state index in [4.69, 9.17) is 14.6 Å². The normalized spacial score (nSPS) is 30.2. The number of carbonyl (C=O) groups is 2. The number of carboxylic acid groups (broad SMARTS) is 1. The molecule has 0 bridgehead atoms. The van der Waals surface area contributed by atoms with E-state index in [0.717, 1.165) is 6.92 Å². The summed E-state index contributed by atoms with van der Waals surface area (Å²) in [6.07, 6.45) is -7.10. The van der Waals surface area contributed by atoms with E-state index in [9.17, 15) is 30.0 Å². The Bertz CT molecular complexity index is 655. The van der Waals surface area contributed by atoms with Crippen LogP contribution < -0.4 is 10.1 Å². The number of hydrogen-bond acceptors (Lipinski definition) is 8. The molecule has 1 aliphatic heterocycles. The predicted octanol–water partition coefficient (Wildman–Crippen LogP) is -1.79. The molecule has 10 heteroatoms. The summed E-state index contributed by atoms with van der Waals surface area (Å²) < 4.78 is 11.0. The third-order valence-corrected chi connectivity index (χ3v) is 4.21. The van der Waals surface area contributed by atoms with Crippen LogP contribution in [0, 0.1) is 0 Å². The van der Waals surface area contributed by atoms with Crippen molar-refractivity contribution >= 4 is 11.9 Å². The van der Waals surface area contributed by atoms with Gasteiger partial charge in [0.05, 0.1) is 25.2 Å². The summed E-state index contributed by atoms with van der Waals surface area (Å²) >= 11 is 0. The number of nitrogens with one attached hydrogen (secondary N) is 1. The Balaban J connectivity index is 2.39. The molecule has 1 aliphatic rings. The fourth-order valence-corrected chi connectivity index (χ4v) is 2.91. The molecule has 27 heavy (non-hydrogen) atoms. The second-order valence-electron chi connectivity index (χ2n) is 6.29. The first-order valence-electron chi connectivity index (χ1n) is 8.27. The molecule has 0 spiro atoms. The highest BCUT2D eigenvalue weighted by atomic mass is 16.7. The van der Waals surface area contributed by atoms with Crippen LogP contribution in [0.15, 0.2) is 30.3 Å². The van der Waals surface area contributed by atoms with Crippen molar-refractivity contribution in [1.29, 1.82) is 0 Å². The molecule has 1 amide bonds. The maximum atomic E-state index is 11.9. The Morgan fingerprint density at radius 2 is 1.96 bits per heavy atom. The van der Waals surface area contributed by atoms with Crippen LogP contribution in [-0.2, 0) is 14.3 Å². The van der Waals surface area contributed by atoms with Gasteiger partial charge in [0.15, 0.2) is 0 Å². The van der Waals surface area contributed by atoms with Gasteiger partial charge in [-0.2, -0.15) is 0 Å². The molecule has 1 saturated heterocycles. The van der Waals surface area contributed by atoms with Crippen LogP contribution in [0.25, 0.3) is 0 Å². The fourth-order valence-electron chi connectivity index (χ4n) is 2.91. The lowest BCUT2D eigenvalue weighted by atomic mass is 9.88. The van der Waals surface area contributed by atoms with Gasteiger partial charge in [0.2, 0.25) is 5.91 Å².